The van der Waals surface area contributed by atoms with Crippen LogP contribution in [0.5, 0.6) is 0 Å². The molecule has 0 atom stereocenters. The molecule has 0 radical (unpaired) electrons. The van der Waals surface area contributed by atoms with Crippen molar-refractivity contribution in [3.8, 4) is 11.4 Å². The number of allylic oxidation sites excluding steroid dienone is 4. The topological polar surface area (TPSA) is 44.6 Å². The standard InChI is InChI=1S/C28H36FN5/c1-8-21(16-30-4)25-17-31-26(32-27(25)34(7)18-20-14-28(3,29)15-20)24-12-10-11-23(13-24)22(9-2)19-33(5)6/h8-13,16-17,19-20H,2,14-15,18H2,1,3-7H3/b21-8+,22-19+,30-16-. The molecule has 0 N–H and O–H groups in total. The van der Waals surface area contributed by atoms with E-state index < -0.39 is 5.67 Å². The maximum Gasteiger partial charge on any atom is 0.161 e. The van der Waals surface area contributed by atoms with Gasteiger partial charge in [-0.2, -0.15) is 0 Å². The van der Waals surface area contributed by atoms with Gasteiger partial charge in [-0.3, -0.25) is 4.99 Å². The van der Waals surface area contributed by atoms with E-state index in [0.29, 0.717) is 24.6 Å². The molecule has 1 aromatic carbocycles. The summed E-state index contributed by atoms with van der Waals surface area (Å²) in [5.74, 6) is 1.78. The van der Waals surface area contributed by atoms with Crippen molar-refractivity contribution in [2.75, 3.05) is 39.6 Å². The molecule has 34 heavy (non-hydrogen) atoms. The summed E-state index contributed by atoms with van der Waals surface area (Å²) < 4.78 is 14.1. The molecule has 5 nitrogen and oxygen atoms in total. The lowest BCUT2D eigenvalue weighted by Gasteiger charge is -2.41. The lowest BCUT2D eigenvalue weighted by Crippen LogP contribution is -2.42. The SMILES string of the molecule is C=C/C(=C\N(C)C)c1cccc(-c2ncc(C(/C=N\C)=C/C)c(N(C)CC3CC(C)(F)C3)n2)c1. The van der Waals surface area contributed by atoms with Gasteiger partial charge in [-0.15, -0.1) is 0 Å². The molecule has 1 aromatic heterocycles. The lowest BCUT2D eigenvalue weighted by molar-refractivity contribution is 0.0294. The average molecular weight is 462 g/mol. The molecule has 1 aliphatic carbocycles. The van der Waals surface area contributed by atoms with E-state index in [9.17, 15) is 4.39 Å². The highest BCUT2D eigenvalue weighted by Crippen LogP contribution is 2.41. The summed E-state index contributed by atoms with van der Waals surface area (Å²) in [6.07, 6.45) is 10.7. The molecule has 6 heteroatoms. The van der Waals surface area contributed by atoms with E-state index in [1.54, 1.807) is 14.0 Å². The Bertz CT molecular complexity index is 1110. The highest BCUT2D eigenvalue weighted by atomic mass is 19.1. The molecule has 0 unspecified atom stereocenters. The van der Waals surface area contributed by atoms with Crippen molar-refractivity contribution in [3.63, 3.8) is 0 Å². The molecule has 1 fully saturated rings. The highest BCUT2D eigenvalue weighted by molar-refractivity contribution is 6.11. The molecule has 3 rings (SSSR count). The van der Waals surface area contributed by atoms with Crippen molar-refractivity contribution in [3.05, 3.63) is 66.5 Å². The molecular weight excluding hydrogens is 425 g/mol. The first-order valence-electron chi connectivity index (χ1n) is 11.6. The fraction of sp³-hybridized carbons (Fsp3) is 0.393. The summed E-state index contributed by atoms with van der Waals surface area (Å²) in [6.45, 7) is 8.37. The predicted octanol–water partition coefficient (Wildman–Crippen LogP) is 5.91. The van der Waals surface area contributed by atoms with Crippen LogP contribution in [-0.4, -0.2) is 61.5 Å². The van der Waals surface area contributed by atoms with E-state index in [1.165, 1.54) is 0 Å². The summed E-state index contributed by atoms with van der Waals surface area (Å²) in [5, 5.41) is 0. The highest BCUT2D eigenvalue weighted by Gasteiger charge is 2.41. The van der Waals surface area contributed by atoms with Crippen molar-refractivity contribution in [2.24, 2.45) is 10.9 Å². The van der Waals surface area contributed by atoms with Crippen LogP contribution in [0.3, 0.4) is 0 Å². The van der Waals surface area contributed by atoms with Crippen molar-refractivity contribution >= 4 is 23.2 Å². The fourth-order valence-corrected chi connectivity index (χ4v) is 4.55. The maximum atomic E-state index is 14.1. The van der Waals surface area contributed by atoms with E-state index in [1.807, 2.05) is 75.9 Å². The Hall–Kier alpha value is -3.28. The zero-order valence-electron chi connectivity index (χ0n) is 21.2. The van der Waals surface area contributed by atoms with Gasteiger partial charge >= 0.3 is 0 Å². The van der Waals surface area contributed by atoms with Crippen molar-refractivity contribution in [1.29, 1.82) is 0 Å². The number of rotatable bonds is 9. The van der Waals surface area contributed by atoms with Crippen LogP contribution in [0.1, 0.15) is 37.8 Å². The van der Waals surface area contributed by atoms with E-state index in [0.717, 1.165) is 40.2 Å². The second-order valence-corrected chi connectivity index (χ2v) is 9.46. The molecule has 0 bridgehead atoms. The summed E-state index contributed by atoms with van der Waals surface area (Å²) in [6, 6.07) is 8.17. The third-order valence-corrected chi connectivity index (χ3v) is 6.05. The number of aliphatic imine (C=N–C) groups is 1. The van der Waals surface area contributed by atoms with Crippen LogP contribution in [0.4, 0.5) is 10.2 Å². The number of halogens is 1. The third-order valence-electron chi connectivity index (χ3n) is 6.05. The molecule has 1 aliphatic rings. The minimum Gasteiger partial charge on any atom is -0.383 e. The van der Waals surface area contributed by atoms with Crippen LogP contribution in [0.15, 0.2) is 60.4 Å². The summed E-state index contributed by atoms with van der Waals surface area (Å²) in [4.78, 5) is 18.0. The van der Waals surface area contributed by atoms with Crippen LogP contribution in [0.2, 0.25) is 0 Å². The van der Waals surface area contributed by atoms with Crippen LogP contribution in [-0.2, 0) is 0 Å². The Morgan fingerprint density at radius 1 is 1.26 bits per heavy atom. The van der Waals surface area contributed by atoms with Gasteiger partial charge < -0.3 is 9.80 Å². The van der Waals surface area contributed by atoms with Gasteiger partial charge in [0, 0.05) is 70.0 Å². The quantitative estimate of drug-likeness (QED) is 0.344. The van der Waals surface area contributed by atoms with Gasteiger partial charge in [0.25, 0.3) is 0 Å². The van der Waals surface area contributed by atoms with E-state index in [2.05, 4.69) is 28.6 Å². The van der Waals surface area contributed by atoms with E-state index >= 15 is 0 Å². The number of aromatic nitrogens is 2. The Morgan fingerprint density at radius 2 is 2.00 bits per heavy atom. The van der Waals surface area contributed by atoms with Crippen LogP contribution < -0.4 is 4.90 Å². The average Bonchev–Trinajstić information content (AvgIpc) is 2.79. The minimum atomic E-state index is -1.04. The number of hydrogen-bond acceptors (Lipinski definition) is 5. The molecule has 0 spiro atoms. The largest absolute Gasteiger partial charge is 0.383 e. The van der Waals surface area contributed by atoms with Crippen LogP contribution in [0.25, 0.3) is 22.5 Å². The van der Waals surface area contributed by atoms with Gasteiger partial charge in [-0.05, 0) is 49.8 Å². The van der Waals surface area contributed by atoms with E-state index in [-0.39, 0.29) is 0 Å². The van der Waals surface area contributed by atoms with Crippen molar-refractivity contribution in [2.45, 2.75) is 32.4 Å². The molecule has 1 heterocycles. The molecular formula is C28H36FN5. The van der Waals surface area contributed by atoms with Gasteiger partial charge in [0.1, 0.15) is 11.5 Å². The Labute approximate surface area is 203 Å². The number of benzene rings is 1. The molecule has 180 valence electrons. The van der Waals surface area contributed by atoms with Crippen LogP contribution >= 0.6 is 0 Å². The molecule has 0 amide bonds. The number of anilines is 1. The third kappa shape index (κ3) is 5.99. The Morgan fingerprint density at radius 3 is 2.59 bits per heavy atom. The van der Waals surface area contributed by atoms with Gasteiger partial charge in [0.15, 0.2) is 5.82 Å². The second-order valence-electron chi connectivity index (χ2n) is 9.46. The summed E-state index contributed by atoms with van der Waals surface area (Å²) in [5.41, 5.74) is 3.82. The summed E-state index contributed by atoms with van der Waals surface area (Å²) >= 11 is 0. The Kier molecular flexibility index (Phi) is 8.02. The first-order valence-corrected chi connectivity index (χ1v) is 11.6. The zero-order valence-corrected chi connectivity index (χ0v) is 21.2. The molecule has 0 saturated heterocycles. The van der Waals surface area contributed by atoms with Gasteiger partial charge in [-0.25, -0.2) is 14.4 Å². The van der Waals surface area contributed by atoms with Gasteiger partial charge in [0.2, 0.25) is 0 Å². The second kappa shape index (κ2) is 10.8. The molecule has 0 aliphatic heterocycles. The first kappa shape index (κ1) is 25.3. The number of hydrogen-bond donors (Lipinski definition) is 0. The fourth-order valence-electron chi connectivity index (χ4n) is 4.55. The molecule has 1 saturated carbocycles. The zero-order chi connectivity index (χ0) is 24.9. The lowest BCUT2D eigenvalue weighted by atomic mass is 9.73. The monoisotopic (exact) mass is 461 g/mol. The van der Waals surface area contributed by atoms with Crippen molar-refractivity contribution < 1.29 is 4.39 Å². The number of nitrogens with zero attached hydrogens (tertiary/aromatic N) is 5. The normalized spacial score (nSPS) is 20.9. The van der Waals surface area contributed by atoms with Gasteiger partial charge in [-0.1, -0.05) is 36.9 Å². The minimum absolute atomic E-state index is 0.315. The van der Waals surface area contributed by atoms with Gasteiger partial charge in [0.05, 0.1) is 0 Å². The molecule has 2 aromatic rings. The van der Waals surface area contributed by atoms with E-state index in [4.69, 9.17) is 9.97 Å². The van der Waals surface area contributed by atoms with Crippen molar-refractivity contribution in [1.82, 2.24) is 14.9 Å². The predicted molar refractivity (Wildman–Crippen MR) is 143 cm³/mol. The number of alkyl halides is 1. The first-order chi connectivity index (χ1) is 16.2. The smallest absolute Gasteiger partial charge is 0.161 e. The Balaban J connectivity index is 2.02. The van der Waals surface area contributed by atoms with Crippen LogP contribution in [0, 0.1) is 5.92 Å². The summed E-state index contributed by atoms with van der Waals surface area (Å²) in [7, 11) is 7.75. The maximum absolute atomic E-state index is 14.1.